The summed E-state index contributed by atoms with van der Waals surface area (Å²) in [6.07, 6.45) is 3.65. The first-order valence-electron chi connectivity index (χ1n) is 19.3. The Morgan fingerprint density at radius 3 is 1.48 bits per heavy atom. The average molecular weight is 741 g/mol. The number of benzene rings is 6. The van der Waals surface area contributed by atoms with Crippen molar-refractivity contribution >= 4 is 43.6 Å². The molecule has 5 aromatic heterocycles. The topological polar surface area (TPSA) is 77.3 Å². The van der Waals surface area contributed by atoms with Crippen molar-refractivity contribution in [3.05, 3.63) is 194 Å². The quantitative estimate of drug-likeness (QED) is 0.158. The fraction of sp³-hybridized carbons (Fsp3) is 0. The van der Waals surface area contributed by atoms with Gasteiger partial charge in [0, 0.05) is 50.6 Å². The van der Waals surface area contributed by atoms with E-state index in [0.29, 0.717) is 5.82 Å². The lowest BCUT2D eigenvalue weighted by Crippen LogP contribution is -1.97. The highest BCUT2D eigenvalue weighted by Gasteiger charge is 2.14. The van der Waals surface area contributed by atoms with Crippen LogP contribution < -0.4 is 0 Å². The molecule has 0 aliphatic carbocycles. The molecule has 0 atom stereocenters. The van der Waals surface area contributed by atoms with Gasteiger partial charge in [-0.05, 0) is 82.9 Å². The molecule has 0 aliphatic heterocycles. The maximum absolute atomic E-state index is 5.07. The normalized spacial score (nSPS) is 11.4. The van der Waals surface area contributed by atoms with Crippen molar-refractivity contribution in [1.82, 2.24) is 29.9 Å². The molecule has 5 heterocycles. The van der Waals surface area contributed by atoms with Gasteiger partial charge < -0.3 is 0 Å². The molecule has 6 aromatic carbocycles. The van der Waals surface area contributed by atoms with E-state index in [0.717, 1.165) is 105 Å². The molecular formula is C52H32N6. The predicted molar refractivity (Wildman–Crippen MR) is 236 cm³/mol. The standard InChI is InChI=1S/C52H32N6/c1-3-9-34(10-4-1)48-32-49(35-11-5-2-6-12-35)58-52(57-48)47-26-22-40-30-38(20-24-46(40)56-47)37-19-23-45-39(29-37)21-25-44(55-45)36-17-15-33(16-18-36)43-31-41-13-7-27-53-50(41)51-42(43)14-8-28-54-51/h1-32H. The van der Waals surface area contributed by atoms with Crippen LogP contribution in [0.2, 0.25) is 0 Å². The summed E-state index contributed by atoms with van der Waals surface area (Å²) in [5.41, 5.74) is 14.7. The van der Waals surface area contributed by atoms with E-state index in [4.69, 9.17) is 19.9 Å². The first-order chi connectivity index (χ1) is 28.7. The summed E-state index contributed by atoms with van der Waals surface area (Å²) in [6, 6.07) is 62.7. The molecule has 0 bridgehead atoms. The minimum absolute atomic E-state index is 0.595. The zero-order valence-electron chi connectivity index (χ0n) is 31.2. The van der Waals surface area contributed by atoms with Gasteiger partial charge >= 0.3 is 0 Å². The van der Waals surface area contributed by atoms with E-state index >= 15 is 0 Å². The molecule has 0 fully saturated rings. The zero-order valence-corrected chi connectivity index (χ0v) is 31.2. The highest BCUT2D eigenvalue weighted by molar-refractivity contribution is 6.10. The minimum atomic E-state index is 0.595. The molecule has 0 N–H and O–H groups in total. The molecule has 0 saturated carbocycles. The first-order valence-corrected chi connectivity index (χ1v) is 19.3. The SMILES string of the molecule is c1ccc(-c2cc(-c3ccccc3)nc(-c3ccc4cc(-c5ccc6nc(-c7ccc(-c8cc9cccnc9c9ncccc89)cc7)ccc6c5)ccc4n3)n2)cc1. The van der Waals surface area contributed by atoms with Crippen LogP contribution >= 0.6 is 0 Å². The Hall–Kier alpha value is -7.96. The molecule has 0 unspecified atom stereocenters. The van der Waals surface area contributed by atoms with E-state index in [2.05, 4.69) is 131 Å². The van der Waals surface area contributed by atoms with Crippen LogP contribution in [0.15, 0.2) is 194 Å². The molecule has 0 radical (unpaired) electrons. The van der Waals surface area contributed by atoms with Gasteiger partial charge in [-0.25, -0.2) is 19.9 Å². The van der Waals surface area contributed by atoms with E-state index in [9.17, 15) is 0 Å². The smallest absolute Gasteiger partial charge is 0.179 e. The summed E-state index contributed by atoms with van der Waals surface area (Å²) in [5, 5.41) is 4.29. The molecule has 11 rings (SSSR count). The number of pyridine rings is 4. The van der Waals surface area contributed by atoms with E-state index < -0.39 is 0 Å². The Bertz CT molecular complexity index is 3270. The van der Waals surface area contributed by atoms with E-state index in [1.807, 2.05) is 73.1 Å². The second kappa shape index (κ2) is 14.0. The summed E-state index contributed by atoms with van der Waals surface area (Å²) in [5.74, 6) is 0.595. The van der Waals surface area contributed by atoms with Crippen molar-refractivity contribution < 1.29 is 0 Å². The summed E-state index contributed by atoms with van der Waals surface area (Å²) < 4.78 is 0. The summed E-state index contributed by atoms with van der Waals surface area (Å²) in [7, 11) is 0. The minimum Gasteiger partial charge on any atom is -0.254 e. The molecular weight excluding hydrogens is 709 g/mol. The van der Waals surface area contributed by atoms with Gasteiger partial charge in [0.2, 0.25) is 0 Å². The van der Waals surface area contributed by atoms with Crippen LogP contribution in [0.5, 0.6) is 0 Å². The second-order valence-electron chi connectivity index (χ2n) is 14.4. The van der Waals surface area contributed by atoms with Gasteiger partial charge in [-0.2, -0.15) is 0 Å². The Kier molecular flexibility index (Phi) is 8.04. The fourth-order valence-electron chi connectivity index (χ4n) is 7.81. The van der Waals surface area contributed by atoms with Crippen LogP contribution in [-0.2, 0) is 0 Å². The third-order valence-corrected chi connectivity index (χ3v) is 10.8. The molecule has 58 heavy (non-hydrogen) atoms. The summed E-state index contributed by atoms with van der Waals surface area (Å²) >= 11 is 0. The van der Waals surface area contributed by atoms with Crippen molar-refractivity contribution in [2.45, 2.75) is 0 Å². The average Bonchev–Trinajstić information content (AvgIpc) is 3.31. The lowest BCUT2D eigenvalue weighted by atomic mass is 9.96. The molecule has 11 aromatic rings. The van der Waals surface area contributed by atoms with Gasteiger partial charge in [0.15, 0.2) is 5.82 Å². The van der Waals surface area contributed by atoms with Crippen molar-refractivity contribution in [2.75, 3.05) is 0 Å². The van der Waals surface area contributed by atoms with Crippen LogP contribution in [0.1, 0.15) is 0 Å². The Morgan fingerprint density at radius 1 is 0.293 bits per heavy atom. The van der Waals surface area contributed by atoms with Gasteiger partial charge in [0.25, 0.3) is 0 Å². The van der Waals surface area contributed by atoms with Crippen molar-refractivity contribution in [2.24, 2.45) is 0 Å². The van der Waals surface area contributed by atoms with Crippen molar-refractivity contribution in [1.29, 1.82) is 0 Å². The molecule has 0 aliphatic rings. The predicted octanol–water partition coefficient (Wildman–Crippen LogP) is 12.7. The van der Waals surface area contributed by atoms with Gasteiger partial charge in [-0.15, -0.1) is 0 Å². The highest BCUT2D eigenvalue weighted by Crippen LogP contribution is 2.35. The van der Waals surface area contributed by atoms with Gasteiger partial charge in [0.1, 0.15) is 5.69 Å². The maximum atomic E-state index is 5.07. The van der Waals surface area contributed by atoms with Crippen LogP contribution in [-0.4, -0.2) is 29.9 Å². The van der Waals surface area contributed by atoms with Crippen LogP contribution in [0.3, 0.4) is 0 Å². The number of hydrogen-bond acceptors (Lipinski definition) is 6. The molecule has 0 spiro atoms. The molecule has 6 heteroatoms. The van der Waals surface area contributed by atoms with E-state index in [1.54, 1.807) is 0 Å². The summed E-state index contributed by atoms with van der Waals surface area (Å²) in [4.78, 5) is 29.4. The monoisotopic (exact) mass is 740 g/mol. The molecule has 6 nitrogen and oxygen atoms in total. The lowest BCUT2D eigenvalue weighted by molar-refractivity contribution is 1.16. The van der Waals surface area contributed by atoms with Crippen LogP contribution in [0.4, 0.5) is 0 Å². The second-order valence-corrected chi connectivity index (χ2v) is 14.4. The van der Waals surface area contributed by atoms with Crippen molar-refractivity contribution in [3.8, 4) is 67.5 Å². The van der Waals surface area contributed by atoms with Crippen molar-refractivity contribution in [3.63, 3.8) is 0 Å². The highest BCUT2D eigenvalue weighted by atomic mass is 14.9. The van der Waals surface area contributed by atoms with Crippen LogP contribution in [0.25, 0.3) is 111 Å². The van der Waals surface area contributed by atoms with E-state index in [-0.39, 0.29) is 0 Å². The lowest BCUT2D eigenvalue weighted by Gasteiger charge is -2.11. The summed E-state index contributed by atoms with van der Waals surface area (Å²) in [6.45, 7) is 0. The van der Waals surface area contributed by atoms with Crippen LogP contribution in [0, 0.1) is 0 Å². The number of nitrogens with zero attached hydrogens (tertiary/aromatic N) is 6. The third kappa shape index (κ3) is 6.10. The Labute approximate surface area is 334 Å². The molecule has 270 valence electrons. The van der Waals surface area contributed by atoms with Gasteiger partial charge in [0.05, 0.1) is 39.1 Å². The molecule has 0 saturated heterocycles. The number of hydrogen-bond donors (Lipinski definition) is 0. The maximum Gasteiger partial charge on any atom is 0.179 e. The Morgan fingerprint density at radius 2 is 0.828 bits per heavy atom. The molecule has 0 amide bonds. The number of fused-ring (bicyclic) bond motifs is 5. The first kappa shape index (κ1) is 33.4. The number of aromatic nitrogens is 6. The largest absolute Gasteiger partial charge is 0.254 e. The zero-order chi connectivity index (χ0) is 38.4. The number of rotatable bonds is 6. The van der Waals surface area contributed by atoms with E-state index in [1.165, 1.54) is 0 Å². The Balaban J connectivity index is 0.879. The van der Waals surface area contributed by atoms with Gasteiger partial charge in [-0.3, -0.25) is 9.97 Å². The third-order valence-electron chi connectivity index (χ3n) is 10.8. The van der Waals surface area contributed by atoms with Gasteiger partial charge in [-0.1, -0.05) is 121 Å². The fourth-order valence-corrected chi connectivity index (χ4v) is 7.81.